The SMILES string of the molecule is NS(=O)(=O)c1cc(C(=O)OCC2CCCC2)ccc1Br. The summed E-state index contributed by atoms with van der Waals surface area (Å²) in [6.07, 6.45) is 4.51. The third-order valence-electron chi connectivity index (χ3n) is 3.40. The molecule has 2 rings (SSSR count). The van der Waals surface area contributed by atoms with Crippen LogP contribution in [-0.2, 0) is 14.8 Å². The van der Waals surface area contributed by atoms with Crippen molar-refractivity contribution in [2.24, 2.45) is 11.1 Å². The summed E-state index contributed by atoms with van der Waals surface area (Å²) in [5.74, 6) is -0.0959. The molecular weight excluding hydrogens is 346 g/mol. The van der Waals surface area contributed by atoms with Crippen molar-refractivity contribution in [3.63, 3.8) is 0 Å². The fourth-order valence-corrected chi connectivity index (χ4v) is 3.86. The fraction of sp³-hybridized carbons (Fsp3) is 0.462. The first-order chi connectivity index (χ1) is 9.38. The summed E-state index contributed by atoms with van der Waals surface area (Å²) in [5.41, 5.74) is 0.190. The molecule has 1 aliphatic carbocycles. The molecule has 0 aliphatic heterocycles. The Kier molecular flexibility index (Phi) is 4.82. The Morgan fingerprint density at radius 2 is 2.00 bits per heavy atom. The summed E-state index contributed by atoms with van der Waals surface area (Å²) >= 11 is 3.10. The number of rotatable bonds is 4. The first-order valence-corrected chi connectivity index (χ1v) is 8.71. The zero-order valence-electron chi connectivity index (χ0n) is 10.8. The van der Waals surface area contributed by atoms with Crippen LogP contribution in [0, 0.1) is 5.92 Å². The van der Waals surface area contributed by atoms with Crippen molar-refractivity contribution in [1.29, 1.82) is 0 Å². The van der Waals surface area contributed by atoms with E-state index in [0.29, 0.717) is 17.0 Å². The number of halogens is 1. The maximum absolute atomic E-state index is 11.9. The molecule has 110 valence electrons. The topological polar surface area (TPSA) is 86.5 Å². The summed E-state index contributed by atoms with van der Waals surface area (Å²) < 4.78 is 28.3. The van der Waals surface area contributed by atoms with Gasteiger partial charge in [-0.25, -0.2) is 18.4 Å². The number of hydrogen-bond donors (Lipinski definition) is 1. The quantitative estimate of drug-likeness (QED) is 0.834. The molecule has 7 heteroatoms. The monoisotopic (exact) mass is 361 g/mol. The number of carbonyl (C=O) groups excluding carboxylic acids is 1. The third-order valence-corrected chi connectivity index (χ3v) is 5.30. The molecule has 1 aliphatic rings. The molecule has 1 saturated carbocycles. The highest BCUT2D eigenvalue weighted by Gasteiger charge is 2.19. The van der Waals surface area contributed by atoms with E-state index in [1.54, 1.807) is 0 Å². The number of hydrogen-bond acceptors (Lipinski definition) is 4. The molecule has 0 bridgehead atoms. The lowest BCUT2D eigenvalue weighted by atomic mass is 10.1. The maximum atomic E-state index is 11.9. The van der Waals surface area contributed by atoms with Gasteiger partial charge < -0.3 is 4.74 Å². The molecule has 0 atom stereocenters. The highest BCUT2D eigenvalue weighted by atomic mass is 79.9. The van der Waals surface area contributed by atoms with Gasteiger partial charge in [-0.1, -0.05) is 12.8 Å². The first-order valence-electron chi connectivity index (χ1n) is 6.37. The lowest BCUT2D eigenvalue weighted by Crippen LogP contribution is -2.15. The molecule has 2 N–H and O–H groups in total. The van der Waals surface area contributed by atoms with Crippen LogP contribution in [0.5, 0.6) is 0 Å². The van der Waals surface area contributed by atoms with Crippen LogP contribution in [-0.4, -0.2) is 21.0 Å². The van der Waals surface area contributed by atoms with E-state index in [1.807, 2.05) is 0 Å². The van der Waals surface area contributed by atoms with Crippen LogP contribution >= 0.6 is 15.9 Å². The smallest absolute Gasteiger partial charge is 0.338 e. The van der Waals surface area contributed by atoms with Gasteiger partial charge in [-0.2, -0.15) is 0 Å². The molecule has 0 amide bonds. The van der Waals surface area contributed by atoms with Crippen LogP contribution in [0.15, 0.2) is 27.6 Å². The second-order valence-corrected chi connectivity index (χ2v) is 7.32. The second kappa shape index (κ2) is 6.24. The zero-order valence-corrected chi connectivity index (χ0v) is 13.2. The van der Waals surface area contributed by atoms with Gasteiger partial charge in [-0.05, 0) is 52.9 Å². The van der Waals surface area contributed by atoms with E-state index in [2.05, 4.69) is 15.9 Å². The predicted molar refractivity (Wildman–Crippen MR) is 77.8 cm³/mol. The minimum Gasteiger partial charge on any atom is -0.462 e. The van der Waals surface area contributed by atoms with Crippen molar-refractivity contribution in [3.8, 4) is 0 Å². The van der Waals surface area contributed by atoms with E-state index in [0.717, 1.165) is 12.8 Å². The summed E-state index contributed by atoms with van der Waals surface area (Å²) in [5, 5.41) is 5.09. The van der Waals surface area contributed by atoms with E-state index < -0.39 is 16.0 Å². The summed E-state index contributed by atoms with van der Waals surface area (Å²) in [4.78, 5) is 11.8. The number of primary sulfonamides is 1. The van der Waals surface area contributed by atoms with Crippen molar-refractivity contribution in [2.45, 2.75) is 30.6 Å². The van der Waals surface area contributed by atoms with Crippen LogP contribution < -0.4 is 5.14 Å². The van der Waals surface area contributed by atoms with Gasteiger partial charge in [0.25, 0.3) is 0 Å². The van der Waals surface area contributed by atoms with Crippen LogP contribution in [0.1, 0.15) is 36.0 Å². The average Bonchev–Trinajstić information content (AvgIpc) is 2.88. The van der Waals surface area contributed by atoms with Crippen molar-refractivity contribution in [3.05, 3.63) is 28.2 Å². The Labute approximate surface area is 126 Å². The van der Waals surface area contributed by atoms with Gasteiger partial charge in [0.1, 0.15) is 0 Å². The van der Waals surface area contributed by atoms with Crippen LogP contribution in [0.2, 0.25) is 0 Å². The third kappa shape index (κ3) is 3.80. The van der Waals surface area contributed by atoms with E-state index in [4.69, 9.17) is 9.88 Å². The van der Waals surface area contributed by atoms with Gasteiger partial charge >= 0.3 is 5.97 Å². The lowest BCUT2D eigenvalue weighted by molar-refractivity contribution is 0.0442. The lowest BCUT2D eigenvalue weighted by Gasteiger charge is -2.11. The van der Waals surface area contributed by atoms with Crippen molar-refractivity contribution < 1.29 is 17.9 Å². The van der Waals surface area contributed by atoms with Gasteiger partial charge in [-0.3, -0.25) is 0 Å². The number of carbonyl (C=O) groups is 1. The number of ether oxygens (including phenoxy) is 1. The largest absolute Gasteiger partial charge is 0.462 e. The van der Waals surface area contributed by atoms with Crippen molar-refractivity contribution in [2.75, 3.05) is 6.61 Å². The average molecular weight is 362 g/mol. The highest BCUT2D eigenvalue weighted by molar-refractivity contribution is 9.10. The minimum atomic E-state index is -3.87. The molecule has 1 fully saturated rings. The van der Waals surface area contributed by atoms with Crippen LogP contribution in [0.4, 0.5) is 0 Å². The standard InChI is InChI=1S/C13H16BrNO4S/c14-11-6-5-10(7-12(11)20(15,17)18)13(16)19-8-9-3-1-2-4-9/h5-7,9H,1-4,8H2,(H2,15,17,18). The van der Waals surface area contributed by atoms with Crippen LogP contribution in [0.25, 0.3) is 0 Å². The molecule has 0 saturated heterocycles. The molecule has 0 spiro atoms. The molecule has 0 radical (unpaired) electrons. The van der Waals surface area contributed by atoms with Crippen molar-refractivity contribution >= 4 is 31.9 Å². The second-order valence-electron chi connectivity index (χ2n) is 4.94. The Morgan fingerprint density at radius 1 is 1.35 bits per heavy atom. The van der Waals surface area contributed by atoms with Gasteiger partial charge in [-0.15, -0.1) is 0 Å². The van der Waals surface area contributed by atoms with Gasteiger partial charge in [0.15, 0.2) is 0 Å². The zero-order chi connectivity index (χ0) is 14.8. The molecule has 1 aromatic carbocycles. The van der Waals surface area contributed by atoms with E-state index in [9.17, 15) is 13.2 Å². The highest BCUT2D eigenvalue weighted by Crippen LogP contribution is 2.26. The summed E-state index contributed by atoms with van der Waals surface area (Å²) in [7, 11) is -3.87. The van der Waals surface area contributed by atoms with E-state index >= 15 is 0 Å². The molecule has 20 heavy (non-hydrogen) atoms. The fourth-order valence-electron chi connectivity index (χ4n) is 2.30. The predicted octanol–water partition coefficient (Wildman–Crippen LogP) is 2.44. The Bertz CT molecular complexity index is 609. The van der Waals surface area contributed by atoms with Gasteiger partial charge in [0, 0.05) is 4.47 Å². The number of sulfonamides is 1. The Balaban J connectivity index is 2.10. The Morgan fingerprint density at radius 3 is 2.60 bits per heavy atom. The van der Waals surface area contributed by atoms with Gasteiger partial charge in [0.05, 0.1) is 17.1 Å². The number of nitrogens with two attached hydrogens (primary N) is 1. The van der Waals surface area contributed by atoms with E-state index in [1.165, 1.54) is 31.0 Å². The summed E-state index contributed by atoms with van der Waals surface area (Å²) in [6, 6.07) is 4.22. The van der Waals surface area contributed by atoms with E-state index in [-0.39, 0.29) is 10.5 Å². The first kappa shape index (κ1) is 15.5. The van der Waals surface area contributed by atoms with Crippen LogP contribution in [0.3, 0.4) is 0 Å². The maximum Gasteiger partial charge on any atom is 0.338 e. The summed E-state index contributed by atoms with van der Waals surface area (Å²) in [6.45, 7) is 0.388. The molecule has 5 nitrogen and oxygen atoms in total. The molecular formula is C13H16BrNO4S. The molecule has 0 aromatic heterocycles. The molecule has 0 heterocycles. The normalized spacial score (nSPS) is 16.3. The molecule has 1 aromatic rings. The number of benzene rings is 1. The molecule has 0 unspecified atom stereocenters. The van der Waals surface area contributed by atoms with Crippen molar-refractivity contribution in [1.82, 2.24) is 0 Å². The number of esters is 1. The minimum absolute atomic E-state index is 0.118. The Hall–Kier alpha value is -0.920. The van der Waals surface area contributed by atoms with Gasteiger partial charge in [0.2, 0.25) is 10.0 Å².